The Hall–Kier alpha value is -2.06. The van der Waals surface area contributed by atoms with E-state index in [2.05, 4.69) is 4.98 Å². The van der Waals surface area contributed by atoms with Crippen molar-refractivity contribution in [3.05, 3.63) is 65.7 Å². The van der Waals surface area contributed by atoms with Crippen LogP contribution >= 0.6 is 11.6 Å². The van der Waals surface area contributed by atoms with Crippen molar-refractivity contribution in [3.63, 3.8) is 0 Å². The molecule has 3 aromatic rings. The van der Waals surface area contributed by atoms with E-state index in [1.807, 2.05) is 61.5 Å². The van der Waals surface area contributed by atoms with Gasteiger partial charge in [-0.15, -0.1) is 11.6 Å². The van der Waals surface area contributed by atoms with E-state index >= 15 is 0 Å². The third-order valence-electron chi connectivity index (χ3n) is 3.13. The van der Waals surface area contributed by atoms with Gasteiger partial charge in [-0.25, -0.2) is 4.98 Å². The Morgan fingerprint density at radius 1 is 1.05 bits per heavy atom. The van der Waals surface area contributed by atoms with Crippen molar-refractivity contribution in [1.29, 1.82) is 0 Å². The van der Waals surface area contributed by atoms with Crippen LogP contribution in [0.25, 0.3) is 10.9 Å². The maximum absolute atomic E-state index is 6.02. The summed E-state index contributed by atoms with van der Waals surface area (Å²) in [5.74, 6) is 1.80. The first kappa shape index (κ1) is 12.9. The highest BCUT2D eigenvalue weighted by molar-refractivity contribution is 6.18. The van der Waals surface area contributed by atoms with Crippen LogP contribution in [0.4, 0.5) is 0 Å². The molecule has 100 valence electrons. The topological polar surface area (TPSA) is 22.1 Å². The zero-order chi connectivity index (χ0) is 13.9. The molecule has 0 N–H and O–H groups in total. The summed E-state index contributed by atoms with van der Waals surface area (Å²) in [5.41, 5.74) is 3.08. The van der Waals surface area contributed by atoms with Crippen molar-refractivity contribution in [2.75, 3.05) is 0 Å². The molecule has 0 fully saturated rings. The molecular formula is C17H14ClNO. The van der Waals surface area contributed by atoms with Crippen LogP contribution in [0, 0.1) is 6.92 Å². The highest BCUT2D eigenvalue weighted by atomic mass is 35.5. The van der Waals surface area contributed by atoms with Gasteiger partial charge in [-0.2, -0.15) is 0 Å². The van der Waals surface area contributed by atoms with E-state index in [-0.39, 0.29) is 0 Å². The number of alkyl halides is 1. The zero-order valence-electron chi connectivity index (χ0n) is 11.1. The van der Waals surface area contributed by atoms with Crippen LogP contribution in [0.1, 0.15) is 11.1 Å². The zero-order valence-corrected chi connectivity index (χ0v) is 11.9. The number of aryl methyl sites for hydroxylation is 1. The minimum Gasteiger partial charge on any atom is -0.439 e. The molecular weight excluding hydrogens is 270 g/mol. The molecule has 1 aromatic heterocycles. The van der Waals surface area contributed by atoms with Gasteiger partial charge in [0.25, 0.3) is 0 Å². The molecule has 0 aliphatic rings. The molecule has 0 unspecified atom stereocenters. The first-order valence-corrected chi connectivity index (χ1v) is 6.99. The molecule has 3 heteroatoms. The first-order chi connectivity index (χ1) is 9.76. The fraction of sp³-hybridized carbons (Fsp3) is 0.118. The number of fused-ring (bicyclic) bond motifs is 1. The quantitative estimate of drug-likeness (QED) is 0.626. The Kier molecular flexibility index (Phi) is 3.57. The van der Waals surface area contributed by atoms with Crippen LogP contribution < -0.4 is 4.74 Å². The maximum atomic E-state index is 6.02. The highest BCUT2D eigenvalue weighted by Gasteiger charge is 2.06. The van der Waals surface area contributed by atoms with Crippen molar-refractivity contribution in [3.8, 4) is 11.6 Å². The average molecular weight is 284 g/mol. The van der Waals surface area contributed by atoms with Gasteiger partial charge < -0.3 is 4.74 Å². The number of rotatable bonds is 3. The predicted octanol–water partition coefficient (Wildman–Crippen LogP) is 5.07. The van der Waals surface area contributed by atoms with Gasteiger partial charge in [-0.1, -0.05) is 30.3 Å². The van der Waals surface area contributed by atoms with E-state index < -0.39 is 0 Å². The fourth-order valence-electron chi connectivity index (χ4n) is 2.18. The number of pyridine rings is 1. The Morgan fingerprint density at radius 2 is 1.90 bits per heavy atom. The largest absolute Gasteiger partial charge is 0.439 e. The van der Waals surface area contributed by atoms with Crippen LogP contribution in [0.3, 0.4) is 0 Å². The van der Waals surface area contributed by atoms with Crippen molar-refractivity contribution in [1.82, 2.24) is 4.98 Å². The molecule has 3 rings (SSSR count). The average Bonchev–Trinajstić information content (AvgIpc) is 2.46. The smallest absolute Gasteiger partial charge is 0.220 e. The van der Waals surface area contributed by atoms with E-state index in [0.717, 1.165) is 27.8 Å². The number of hydrogen-bond acceptors (Lipinski definition) is 2. The van der Waals surface area contributed by atoms with Crippen LogP contribution in [0.2, 0.25) is 0 Å². The summed E-state index contributed by atoms with van der Waals surface area (Å²) in [6, 6.07) is 17.7. The molecule has 1 heterocycles. The molecule has 0 atom stereocenters. The standard InChI is InChI=1S/C17H14ClNO/c1-12-5-4-6-14(9-12)20-17-10-13(11-18)15-7-2-3-8-16(15)19-17/h2-10H,11H2,1H3. The first-order valence-electron chi connectivity index (χ1n) is 6.45. The Balaban J connectivity index is 2.03. The van der Waals surface area contributed by atoms with Crippen LogP contribution in [-0.2, 0) is 5.88 Å². The van der Waals surface area contributed by atoms with E-state index in [0.29, 0.717) is 11.8 Å². The number of hydrogen-bond donors (Lipinski definition) is 0. The monoisotopic (exact) mass is 283 g/mol. The summed E-state index contributed by atoms with van der Waals surface area (Å²) in [6.45, 7) is 2.03. The van der Waals surface area contributed by atoms with Gasteiger partial charge in [0.2, 0.25) is 5.88 Å². The van der Waals surface area contributed by atoms with Crippen LogP contribution in [-0.4, -0.2) is 4.98 Å². The molecule has 0 radical (unpaired) electrons. The molecule has 2 aromatic carbocycles. The van der Waals surface area contributed by atoms with Gasteiger partial charge in [0.05, 0.1) is 5.52 Å². The van der Waals surface area contributed by atoms with E-state index in [4.69, 9.17) is 16.3 Å². The van der Waals surface area contributed by atoms with Crippen LogP contribution in [0.5, 0.6) is 11.6 Å². The number of ether oxygens (including phenoxy) is 1. The predicted molar refractivity (Wildman–Crippen MR) is 82.6 cm³/mol. The van der Waals surface area contributed by atoms with E-state index in [1.165, 1.54) is 0 Å². The van der Waals surface area contributed by atoms with Gasteiger partial charge in [-0.05, 0) is 36.2 Å². The lowest BCUT2D eigenvalue weighted by Gasteiger charge is -2.09. The van der Waals surface area contributed by atoms with Crippen LogP contribution in [0.15, 0.2) is 54.6 Å². The molecule has 0 aliphatic carbocycles. The van der Waals surface area contributed by atoms with Crippen molar-refractivity contribution < 1.29 is 4.74 Å². The molecule has 2 nitrogen and oxygen atoms in total. The highest BCUT2D eigenvalue weighted by Crippen LogP contribution is 2.27. The second-order valence-electron chi connectivity index (χ2n) is 4.69. The summed E-state index contributed by atoms with van der Waals surface area (Å²) in [6.07, 6.45) is 0. The fourth-order valence-corrected chi connectivity index (χ4v) is 2.40. The Labute approximate surface area is 123 Å². The summed E-state index contributed by atoms with van der Waals surface area (Å²) >= 11 is 6.02. The molecule has 0 spiro atoms. The molecule has 0 saturated carbocycles. The van der Waals surface area contributed by atoms with E-state index in [1.54, 1.807) is 0 Å². The molecule has 0 saturated heterocycles. The molecule has 0 amide bonds. The maximum Gasteiger partial charge on any atom is 0.220 e. The SMILES string of the molecule is Cc1cccc(Oc2cc(CCl)c3ccccc3n2)c1. The second kappa shape index (κ2) is 5.51. The van der Waals surface area contributed by atoms with Crippen molar-refractivity contribution in [2.24, 2.45) is 0 Å². The van der Waals surface area contributed by atoms with Gasteiger partial charge in [0, 0.05) is 17.3 Å². The summed E-state index contributed by atoms with van der Waals surface area (Å²) in [5, 5.41) is 1.07. The lowest BCUT2D eigenvalue weighted by Crippen LogP contribution is -1.92. The number of nitrogens with zero attached hydrogens (tertiary/aromatic N) is 1. The normalized spacial score (nSPS) is 10.7. The van der Waals surface area contributed by atoms with Gasteiger partial charge in [0.15, 0.2) is 0 Å². The van der Waals surface area contributed by atoms with Gasteiger partial charge >= 0.3 is 0 Å². The minimum absolute atomic E-state index is 0.438. The Morgan fingerprint density at radius 3 is 2.70 bits per heavy atom. The summed E-state index contributed by atoms with van der Waals surface area (Å²) < 4.78 is 5.84. The number of halogens is 1. The second-order valence-corrected chi connectivity index (χ2v) is 4.96. The molecule has 20 heavy (non-hydrogen) atoms. The Bertz CT molecular complexity index is 755. The number of para-hydroxylation sites is 1. The molecule has 0 bridgehead atoms. The lowest BCUT2D eigenvalue weighted by molar-refractivity contribution is 0.464. The molecule has 0 aliphatic heterocycles. The minimum atomic E-state index is 0.438. The van der Waals surface area contributed by atoms with Crippen molar-refractivity contribution >= 4 is 22.5 Å². The number of aromatic nitrogens is 1. The summed E-state index contributed by atoms with van der Waals surface area (Å²) in [4.78, 5) is 4.53. The van der Waals surface area contributed by atoms with Gasteiger partial charge in [0.1, 0.15) is 5.75 Å². The lowest BCUT2D eigenvalue weighted by atomic mass is 10.1. The van der Waals surface area contributed by atoms with Gasteiger partial charge in [-0.3, -0.25) is 0 Å². The third kappa shape index (κ3) is 2.61. The number of benzene rings is 2. The third-order valence-corrected chi connectivity index (χ3v) is 3.42. The van der Waals surface area contributed by atoms with Crippen molar-refractivity contribution in [2.45, 2.75) is 12.8 Å². The summed E-state index contributed by atoms with van der Waals surface area (Å²) in [7, 11) is 0. The van der Waals surface area contributed by atoms with E-state index in [9.17, 15) is 0 Å².